The van der Waals surface area contributed by atoms with Gasteiger partial charge < -0.3 is 5.32 Å². The number of anilines is 1. The van der Waals surface area contributed by atoms with Gasteiger partial charge in [0.1, 0.15) is 5.82 Å². The number of carbonyl (C=O) groups excluding carboxylic acids is 1. The minimum absolute atomic E-state index is 0.103. The van der Waals surface area contributed by atoms with Gasteiger partial charge in [0.05, 0.1) is 10.7 Å². The number of para-hydroxylation sites is 1. The molecule has 2 aromatic carbocycles. The highest BCUT2D eigenvalue weighted by Crippen LogP contribution is 2.27. The van der Waals surface area contributed by atoms with Crippen molar-refractivity contribution in [3.8, 4) is 0 Å². The predicted molar refractivity (Wildman–Crippen MR) is 81.2 cm³/mol. The average Bonchev–Trinajstić information content (AvgIpc) is 2.37. The topological polar surface area (TPSA) is 29.1 Å². The van der Waals surface area contributed by atoms with E-state index in [1.165, 1.54) is 12.1 Å². The van der Waals surface area contributed by atoms with E-state index in [4.69, 9.17) is 11.6 Å². The van der Waals surface area contributed by atoms with Crippen LogP contribution in [0.4, 0.5) is 10.1 Å². The molecule has 0 aliphatic carbocycles. The fourth-order valence-corrected chi connectivity index (χ4v) is 2.31. The lowest BCUT2D eigenvalue weighted by molar-refractivity contribution is 0.102. The van der Waals surface area contributed by atoms with Crippen LogP contribution >= 0.6 is 43.5 Å². The van der Waals surface area contributed by atoms with Gasteiger partial charge >= 0.3 is 0 Å². The monoisotopic (exact) mass is 405 g/mol. The maximum absolute atomic E-state index is 13.6. The SMILES string of the molecule is O=C(Nc1c(F)cccc1Br)c1ccc(Br)c(Cl)c1. The molecule has 2 nitrogen and oxygen atoms in total. The van der Waals surface area contributed by atoms with Gasteiger partial charge in [-0.3, -0.25) is 4.79 Å². The van der Waals surface area contributed by atoms with Gasteiger partial charge in [0.25, 0.3) is 5.91 Å². The van der Waals surface area contributed by atoms with E-state index in [0.29, 0.717) is 19.5 Å². The van der Waals surface area contributed by atoms with E-state index >= 15 is 0 Å². The van der Waals surface area contributed by atoms with Crippen LogP contribution in [0.1, 0.15) is 10.4 Å². The van der Waals surface area contributed by atoms with E-state index in [1.807, 2.05) is 0 Å². The summed E-state index contributed by atoms with van der Waals surface area (Å²) in [5.41, 5.74) is 0.454. The molecule has 0 saturated carbocycles. The second-order valence-electron chi connectivity index (χ2n) is 3.68. The lowest BCUT2D eigenvalue weighted by atomic mass is 10.2. The van der Waals surface area contributed by atoms with Crippen LogP contribution in [0.2, 0.25) is 5.02 Å². The minimum atomic E-state index is -0.508. The lowest BCUT2D eigenvalue weighted by Gasteiger charge is -2.09. The average molecular weight is 407 g/mol. The van der Waals surface area contributed by atoms with Gasteiger partial charge in [-0.2, -0.15) is 0 Å². The Morgan fingerprint density at radius 3 is 2.53 bits per heavy atom. The van der Waals surface area contributed by atoms with Gasteiger partial charge in [-0.05, 0) is 62.2 Å². The Bertz CT molecular complexity index is 628. The van der Waals surface area contributed by atoms with E-state index in [-0.39, 0.29) is 5.69 Å². The Morgan fingerprint density at radius 2 is 1.89 bits per heavy atom. The number of amides is 1. The summed E-state index contributed by atoms with van der Waals surface area (Å²) in [5, 5.41) is 2.92. The van der Waals surface area contributed by atoms with Crippen LogP contribution in [0.3, 0.4) is 0 Å². The fourth-order valence-electron chi connectivity index (χ4n) is 1.44. The Balaban J connectivity index is 2.28. The molecular formula is C13H7Br2ClFNO. The molecular weight excluding hydrogens is 400 g/mol. The molecule has 0 aliphatic heterocycles. The molecule has 98 valence electrons. The van der Waals surface area contributed by atoms with Crippen LogP contribution in [0.15, 0.2) is 45.3 Å². The molecule has 0 unspecified atom stereocenters. The van der Waals surface area contributed by atoms with Crippen molar-refractivity contribution in [3.63, 3.8) is 0 Å². The molecule has 6 heteroatoms. The lowest BCUT2D eigenvalue weighted by Crippen LogP contribution is -2.13. The highest BCUT2D eigenvalue weighted by molar-refractivity contribution is 9.11. The van der Waals surface area contributed by atoms with E-state index in [9.17, 15) is 9.18 Å². The quantitative estimate of drug-likeness (QED) is 0.723. The first kappa shape index (κ1) is 14.5. The molecule has 19 heavy (non-hydrogen) atoms. The van der Waals surface area contributed by atoms with Gasteiger partial charge in [0, 0.05) is 14.5 Å². The van der Waals surface area contributed by atoms with Crippen molar-refractivity contribution in [2.45, 2.75) is 0 Å². The first-order chi connectivity index (χ1) is 8.99. The van der Waals surface area contributed by atoms with Crippen LogP contribution < -0.4 is 5.32 Å². The van der Waals surface area contributed by atoms with Crippen molar-refractivity contribution >= 4 is 55.1 Å². The Morgan fingerprint density at radius 1 is 1.16 bits per heavy atom. The van der Waals surface area contributed by atoms with Crippen molar-refractivity contribution in [3.05, 3.63) is 61.7 Å². The highest BCUT2D eigenvalue weighted by atomic mass is 79.9. The number of hydrogen-bond acceptors (Lipinski definition) is 1. The standard InChI is InChI=1S/C13H7Br2ClFNO/c14-8-5-4-7(6-10(8)16)13(19)18-12-9(15)2-1-3-11(12)17/h1-6H,(H,18,19). The summed E-state index contributed by atoms with van der Waals surface area (Å²) in [6.45, 7) is 0. The molecule has 0 heterocycles. The number of hydrogen-bond donors (Lipinski definition) is 1. The third-order valence-electron chi connectivity index (χ3n) is 2.38. The van der Waals surface area contributed by atoms with Gasteiger partial charge in [-0.1, -0.05) is 17.7 Å². The summed E-state index contributed by atoms with van der Waals surface area (Å²) in [6, 6.07) is 9.23. The van der Waals surface area contributed by atoms with E-state index in [2.05, 4.69) is 37.2 Å². The Labute approximate surface area is 131 Å². The molecule has 0 aliphatic rings. The van der Waals surface area contributed by atoms with Crippen molar-refractivity contribution in [2.75, 3.05) is 5.32 Å². The molecule has 1 N–H and O–H groups in total. The molecule has 2 aromatic rings. The zero-order chi connectivity index (χ0) is 14.0. The maximum Gasteiger partial charge on any atom is 0.255 e. The minimum Gasteiger partial charge on any atom is -0.319 e. The largest absolute Gasteiger partial charge is 0.319 e. The van der Waals surface area contributed by atoms with Gasteiger partial charge in [0.2, 0.25) is 0 Å². The zero-order valence-electron chi connectivity index (χ0n) is 9.38. The van der Waals surface area contributed by atoms with E-state index < -0.39 is 11.7 Å². The summed E-state index contributed by atoms with van der Waals surface area (Å²) < 4.78 is 14.8. The number of nitrogens with one attached hydrogen (secondary N) is 1. The molecule has 0 fully saturated rings. The Kier molecular flexibility index (Phi) is 4.60. The number of halogens is 4. The molecule has 2 rings (SSSR count). The zero-order valence-corrected chi connectivity index (χ0v) is 13.3. The number of carbonyl (C=O) groups is 1. The second kappa shape index (κ2) is 6.03. The third kappa shape index (κ3) is 3.35. The predicted octanol–water partition coefficient (Wildman–Crippen LogP) is 5.26. The van der Waals surface area contributed by atoms with Gasteiger partial charge in [0.15, 0.2) is 0 Å². The maximum atomic E-state index is 13.6. The van der Waals surface area contributed by atoms with E-state index in [0.717, 1.165) is 0 Å². The van der Waals surface area contributed by atoms with Crippen molar-refractivity contribution in [1.29, 1.82) is 0 Å². The van der Waals surface area contributed by atoms with Crippen LogP contribution in [-0.2, 0) is 0 Å². The molecule has 0 bridgehead atoms. The van der Waals surface area contributed by atoms with Crippen LogP contribution in [0.5, 0.6) is 0 Å². The first-order valence-corrected chi connectivity index (χ1v) is 7.16. The summed E-state index contributed by atoms with van der Waals surface area (Å²) in [5.74, 6) is -0.939. The summed E-state index contributed by atoms with van der Waals surface area (Å²) in [6.07, 6.45) is 0. The van der Waals surface area contributed by atoms with Gasteiger partial charge in [-0.15, -0.1) is 0 Å². The van der Waals surface area contributed by atoms with Crippen molar-refractivity contribution < 1.29 is 9.18 Å². The summed E-state index contributed by atoms with van der Waals surface area (Å²) in [4.78, 5) is 12.0. The second-order valence-corrected chi connectivity index (χ2v) is 5.80. The molecule has 0 aromatic heterocycles. The van der Waals surface area contributed by atoms with Gasteiger partial charge in [-0.25, -0.2) is 4.39 Å². The van der Waals surface area contributed by atoms with Crippen molar-refractivity contribution in [2.24, 2.45) is 0 Å². The van der Waals surface area contributed by atoms with Crippen molar-refractivity contribution in [1.82, 2.24) is 0 Å². The normalized spacial score (nSPS) is 10.3. The van der Waals surface area contributed by atoms with Crippen LogP contribution in [0, 0.1) is 5.82 Å². The van der Waals surface area contributed by atoms with Crippen LogP contribution in [-0.4, -0.2) is 5.91 Å². The molecule has 0 atom stereocenters. The van der Waals surface area contributed by atoms with Crippen LogP contribution in [0.25, 0.3) is 0 Å². The molecule has 0 saturated heterocycles. The third-order valence-corrected chi connectivity index (χ3v) is 4.28. The molecule has 1 amide bonds. The highest BCUT2D eigenvalue weighted by Gasteiger charge is 2.13. The summed E-state index contributed by atoms with van der Waals surface area (Å²) >= 11 is 12.3. The number of benzene rings is 2. The summed E-state index contributed by atoms with van der Waals surface area (Å²) in [7, 11) is 0. The smallest absolute Gasteiger partial charge is 0.255 e. The number of rotatable bonds is 2. The Hall–Kier alpha value is -0.910. The first-order valence-electron chi connectivity index (χ1n) is 5.19. The molecule has 0 radical (unpaired) electrons. The molecule has 0 spiro atoms. The fraction of sp³-hybridized carbons (Fsp3) is 0. The van der Waals surface area contributed by atoms with E-state index in [1.54, 1.807) is 24.3 Å².